The Morgan fingerprint density at radius 2 is 2.33 bits per heavy atom. The van der Waals surface area contributed by atoms with Crippen molar-refractivity contribution in [2.45, 2.75) is 19.9 Å². The Balaban J connectivity index is 1.67. The van der Waals surface area contributed by atoms with Gasteiger partial charge in [0.05, 0.1) is 11.6 Å². The van der Waals surface area contributed by atoms with Gasteiger partial charge in [-0.3, -0.25) is 9.69 Å². The van der Waals surface area contributed by atoms with E-state index in [9.17, 15) is 9.90 Å². The van der Waals surface area contributed by atoms with Gasteiger partial charge in [0.15, 0.2) is 0 Å². The standard InChI is InChI=1S/C15H18N2O2S2/c1-10-4-12(15(18)19)6-17(5-10)7-13-9-21-14(16-13)11-2-3-20-8-11/h2-3,8-10,12H,4-7H2,1H3,(H,18,19). The first-order valence-corrected chi connectivity index (χ1v) is 8.86. The second-order valence-electron chi connectivity index (χ2n) is 5.73. The maximum Gasteiger partial charge on any atom is 0.307 e. The van der Waals surface area contributed by atoms with E-state index in [-0.39, 0.29) is 5.92 Å². The molecule has 3 heterocycles. The maximum absolute atomic E-state index is 11.2. The number of thiazole rings is 1. The fourth-order valence-electron chi connectivity index (χ4n) is 2.90. The number of piperidine rings is 1. The molecular weight excluding hydrogens is 304 g/mol. The predicted octanol–water partition coefficient (Wildman–Crippen LogP) is 3.41. The number of thiophene rings is 1. The third-order valence-corrected chi connectivity index (χ3v) is 5.41. The van der Waals surface area contributed by atoms with Crippen molar-refractivity contribution in [1.29, 1.82) is 0 Å². The molecule has 2 aromatic rings. The van der Waals surface area contributed by atoms with Crippen LogP contribution in [0.25, 0.3) is 10.6 Å². The lowest BCUT2D eigenvalue weighted by atomic mass is 9.90. The molecule has 0 aliphatic carbocycles. The minimum atomic E-state index is -0.677. The van der Waals surface area contributed by atoms with Crippen molar-refractivity contribution in [2.24, 2.45) is 11.8 Å². The molecule has 4 nitrogen and oxygen atoms in total. The third-order valence-electron chi connectivity index (χ3n) is 3.79. The van der Waals surface area contributed by atoms with Crippen LogP contribution in [0.1, 0.15) is 19.0 Å². The van der Waals surface area contributed by atoms with Crippen LogP contribution in [0, 0.1) is 11.8 Å². The van der Waals surface area contributed by atoms with E-state index >= 15 is 0 Å². The van der Waals surface area contributed by atoms with Crippen LogP contribution in [0.5, 0.6) is 0 Å². The maximum atomic E-state index is 11.2. The Bertz CT molecular complexity index is 609. The third kappa shape index (κ3) is 3.51. The summed E-state index contributed by atoms with van der Waals surface area (Å²) in [4.78, 5) is 18.1. The summed E-state index contributed by atoms with van der Waals surface area (Å²) in [6.45, 7) is 4.45. The quantitative estimate of drug-likeness (QED) is 0.937. The highest BCUT2D eigenvalue weighted by molar-refractivity contribution is 7.14. The molecule has 1 aliphatic rings. The van der Waals surface area contributed by atoms with E-state index < -0.39 is 5.97 Å². The van der Waals surface area contributed by atoms with Crippen molar-refractivity contribution < 1.29 is 9.90 Å². The molecule has 0 radical (unpaired) electrons. The van der Waals surface area contributed by atoms with Gasteiger partial charge in [0.1, 0.15) is 5.01 Å². The monoisotopic (exact) mass is 322 g/mol. The van der Waals surface area contributed by atoms with Crippen LogP contribution in [0.3, 0.4) is 0 Å². The number of carboxylic acids is 1. The number of hydrogen-bond donors (Lipinski definition) is 1. The van der Waals surface area contributed by atoms with Crippen molar-refractivity contribution >= 4 is 28.6 Å². The van der Waals surface area contributed by atoms with Gasteiger partial charge in [0.25, 0.3) is 0 Å². The largest absolute Gasteiger partial charge is 0.481 e. The lowest BCUT2D eigenvalue weighted by molar-refractivity contribution is -0.144. The number of carbonyl (C=O) groups is 1. The number of aliphatic carboxylic acids is 1. The molecule has 0 spiro atoms. The van der Waals surface area contributed by atoms with Gasteiger partial charge in [-0.2, -0.15) is 11.3 Å². The molecule has 3 rings (SSSR count). The van der Waals surface area contributed by atoms with Crippen LogP contribution in [0.15, 0.2) is 22.2 Å². The van der Waals surface area contributed by atoms with E-state index in [0.717, 1.165) is 30.2 Å². The first-order valence-electron chi connectivity index (χ1n) is 7.04. The molecule has 2 unspecified atom stereocenters. The van der Waals surface area contributed by atoms with Crippen molar-refractivity contribution in [1.82, 2.24) is 9.88 Å². The van der Waals surface area contributed by atoms with Crippen LogP contribution in [0.4, 0.5) is 0 Å². The molecule has 2 atom stereocenters. The molecule has 6 heteroatoms. The second-order valence-corrected chi connectivity index (χ2v) is 7.36. The summed E-state index contributed by atoms with van der Waals surface area (Å²) in [5.74, 6) is -0.498. The van der Waals surface area contributed by atoms with Gasteiger partial charge in [0, 0.05) is 36.0 Å². The van der Waals surface area contributed by atoms with Crippen LogP contribution >= 0.6 is 22.7 Å². The van der Waals surface area contributed by atoms with Gasteiger partial charge in [0.2, 0.25) is 0 Å². The molecular formula is C15H18N2O2S2. The number of rotatable bonds is 4. The second kappa shape index (κ2) is 6.25. The zero-order valence-corrected chi connectivity index (χ0v) is 13.5. The summed E-state index contributed by atoms with van der Waals surface area (Å²) in [5.41, 5.74) is 2.21. The van der Waals surface area contributed by atoms with E-state index in [1.54, 1.807) is 22.7 Å². The van der Waals surface area contributed by atoms with E-state index in [4.69, 9.17) is 0 Å². The Labute approximate surface area is 132 Å². The normalized spacial score (nSPS) is 23.3. The fourth-order valence-corrected chi connectivity index (χ4v) is 4.42. The van der Waals surface area contributed by atoms with E-state index in [2.05, 4.69) is 39.0 Å². The molecule has 1 aliphatic heterocycles. The van der Waals surface area contributed by atoms with Crippen LogP contribution in [0.2, 0.25) is 0 Å². The molecule has 1 N–H and O–H groups in total. The first-order chi connectivity index (χ1) is 10.1. The van der Waals surface area contributed by atoms with E-state index in [1.165, 1.54) is 5.56 Å². The molecule has 0 bridgehead atoms. The van der Waals surface area contributed by atoms with Crippen molar-refractivity contribution in [2.75, 3.05) is 13.1 Å². The Kier molecular flexibility index (Phi) is 4.37. The Morgan fingerprint density at radius 3 is 3.05 bits per heavy atom. The molecule has 0 amide bonds. The van der Waals surface area contributed by atoms with Crippen molar-refractivity contribution in [3.8, 4) is 10.6 Å². The minimum Gasteiger partial charge on any atom is -0.481 e. The summed E-state index contributed by atoms with van der Waals surface area (Å²) in [5, 5.41) is 16.5. The summed E-state index contributed by atoms with van der Waals surface area (Å²) >= 11 is 3.33. The average molecular weight is 322 g/mol. The number of carboxylic acid groups (broad SMARTS) is 1. The van der Waals surface area contributed by atoms with E-state index in [1.807, 2.05) is 0 Å². The molecule has 2 aromatic heterocycles. The molecule has 1 fully saturated rings. The number of nitrogens with zero attached hydrogens (tertiary/aromatic N) is 2. The number of hydrogen-bond acceptors (Lipinski definition) is 5. The highest BCUT2D eigenvalue weighted by atomic mass is 32.1. The SMILES string of the molecule is CC1CC(C(=O)O)CN(Cc2csc(-c3ccsc3)n2)C1. The summed E-state index contributed by atoms with van der Waals surface area (Å²) < 4.78 is 0. The van der Waals surface area contributed by atoms with Gasteiger partial charge in [-0.05, 0) is 23.8 Å². The Morgan fingerprint density at radius 1 is 1.48 bits per heavy atom. The zero-order chi connectivity index (χ0) is 14.8. The highest BCUT2D eigenvalue weighted by Crippen LogP contribution is 2.28. The summed E-state index contributed by atoms with van der Waals surface area (Å²) in [6, 6.07) is 2.08. The average Bonchev–Trinajstić information content (AvgIpc) is 3.08. The summed E-state index contributed by atoms with van der Waals surface area (Å²) in [7, 11) is 0. The summed E-state index contributed by atoms with van der Waals surface area (Å²) in [6.07, 6.45) is 0.781. The molecule has 0 saturated carbocycles. The van der Waals surface area contributed by atoms with Crippen LogP contribution in [-0.4, -0.2) is 34.0 Å². The van der Waals surface area contributed by atoms with E-state index in [0.29, 0.717) is 12.5 Å². The Hall–Kier alpha value is -1.24. The zero-order valence-electron chi connectivity index (χ0n) is 11.9. The highest BCUT2D eigenvalue weighted by Gasteiger charge is 2.29. The minimum absolute atomic E-state index is 0.247. The van der Waals surface area contributed by atoms with Gasteiger partial charge in [-0.1, -0.05) is 6.92 Å². The molecule has 112 valence electrons. The molecule has 1 saturated heterocycles. The lowest BCUT2D eigenvalue weighted by Gasteiger charge is -2.34. The first kappa shape index (κ1) is 14.7. The smallest absolute Gasteiger partial charge is 0.307 e. The van der Waals surface area contributed by atoms with Gasteiger partial charge >= 0.3 is 5.97 Å². The van der Waals surface area contributed by atoms with Gasteiger partial charge in [-0.25, -0.2) is 4.98 Å². The van der Waals surface area contributed by atoms with Gasteiger partial charge < -0.3 is 5.11 Å². The fraction of sp³-hybridized carbons (Fsp3) is 0.467. The predicted molar refractivity (Wildman–Crippen MR) is 85.6 cm³/mol. The van der Waals surface area contributed by atoms with Crippen LogP contribution < -0.4 is 0 Å². The number of likely N-dealkylation sites (tertiary alicyclic amines) is 1. The number of aromatic nitrogens is 1. The van der Waals surface area contributed by atoms with Crippen molar-refractivity contribution in [3.63, 3.8) is 0 Å². The van der Waals surface area contributed by atoms with Crippen molar-refractivity contribution in [3.05, 3.63) is 27.9 Å². The molecule has 21 heavy (non-hydrogen) atoms. The lowest BCUT2D eigenvalue weighted by Crippen LogP contribution is -2.42. The van der Waals surface area contributed by atoms with Crippen LogP contribution in [-0.2, 0) is 11.3 Å². The molecule has 0 aromatic carbocycles. The topological polar surface area (TPSA) is 53.4 Å². The van der Waals surface area contributed by atoms with Gasteiger partial charge in [-0.15, -0.1) is 11.3 Å².